The SMILES string of the molecule is CC[C@@H](Cc1ccsc1)NC(=O)NCC1(N(C)C)Cc2ccc(O)cc2C1. The zero-order chi connectivity index (χ0) is 19.4. The smallest absolute Gasteiger partial charge is 0.315 e. The zero-order valence-electron chi connectivity index (χ0n) is 16.3. The van der Waals surface area contributed by atoms with E-state index in [2.05, 4.69) is 53.4 Å². The van der Waals surface area contributed by atoms with Crippen molar-refractivity contribution in [1.29, 1.82) is 0 Å². The van der Waals surface area contributed by atoms with Gasteiger partial charge >= 0.3 is 6.03 Å². The van der Waals surface area contributed by atoms with Gasteiger partial charge < -0.3 is 20.6 Å². The van der Waals surface area contributed by atoms with E-state index in [0.29, 0.717) is 12.3 Å². The zero-order valence-corrected chi connectivity index (χ0v) is 17.1. The number of aromatic hydroxyl groups is 1. The number of phenolic OH excluding ortho intramolecular Hbond substituents is 1. The molecule has 0 aliphatic heterocycles. The quantitative estimate of drug-likeness (QED) is 0.684. The largest absolute Gasteiger partial charge is 0.508 e. The molecule has 1 heterocycles. The molecule has 0 saturated heterocycles. The van der Waals surface area contributed by atoms with Crippen LogP contribution in [0.1, 0.15) is 30.0 Å². The Morgan fingerprint density at radius 3 is 2.74 bits per heavy atom. The molecule has 0 saturated carbocycles. The van der Waals surface area contributed by atoms with E-state index in [1.165, 1.54) is 11.1 Å². The van der Waals surface area contributed by atoms with E-state index in [-0.39, 0.29) is 17.6 Å². The maximum absolute atomic E-state index is 12.5. The van der Waals surface area contributed by atoms with Crippen LogP contribution < -0.4 is 10.6 Å². The minimum absolute atomic E-state index is 0.114. The highest BCUT2D eigenvalue weighted by molar-refractivity contribution is 7.07. The van der Waals surface area contributed by atoms with Crippen molar-refractivity contribution in [2.45, 2.75) is 44.2 Å². The Balaban J connectivity index is 1.59. The third kappa shape index (κ3) is 4.62. The van der Waals surface area contributed by atoms with Crippen LogP contribution in [0, 0.1) is 0 Å². The van der Waals surface area contributed by atoms with Crippen LogP contribution in [0.5, 0.6) is 5.75 Å². The molecule has 3 N–H and O–H groups in total. The molecule has 1 unspecified atom stereocenters. The van der Waals surface area contributed by atoms with E-state index < -0.39 is 0 Å². The van der Waals surface area contributed by atoms with Crippen LogP contribution in [0.2, 0.25) is 0 Å². The molecule has 0 bridgehead atoms. The Kier molecular flexibility index (Phi) is 6.07. The molecule has 2 atom stereocenters. The highest BCUT2D eigenvalue weighted by atomic mass is 32.1. The minimum atomic E-state index is -0.164. The normalized spacial score (nSPS) is 19.7. The van der Waals surface area contributed by atoms with E-state index in [0.717, 1.165) is 31.2 Å². The predicted octanol–water partition coefficient (Wildman–Crippen LogP) is 3.17. The molecule has 2 amide bonds. The molecule has 0 spiro atoms. The lowest BCUT2D eigenvalue weighted by atomic mass is 9.94. The van der Waals surface area contributed by atoms with Gasteiger partial charge in [0.2, 0.25) is 0 Å². The van der Waals surface area contributed by atoms with Crippen LogP contribution in [0.15, 0.2) is 35.0 Å². The van der Waals surface area contributed by atoms with E-state index in [1.807, 2.05) is 12.1 Å². The van der Waals surface area contributed by atoms with Gasteiger partial charge in [0.1, 0.15) is 5.75 Å². The lowest BCUT2D eigenvalue weighted by molar-refractivity contribution is 0.157. The summed E-state index contributed by atoms with van der Waals surface area (Å²) in [6.45, 7) is 2.66. The van der Waals surface area contributed by atoms with Gasteiger partial charge in [0.15, 0.2) is 0 Å². The number of amides is 2. The maximum atomic E-state index is 12.5. The summed E-state index contributed by atoms with van der Waals surface area (Å²) in [5.41, 5.74) is 3.51. The van der Waals surface area contributed by atoms with Crippen molar-refractivity contribution in [3.8, 4) is 5.75 Å². The van der Waals surface area contributed by atoms with Gasteiger partial charge in [-0.1, -0.05) is 13.0 Å². The van der Waals surface area contributed by atoms with Crippen LogP contribution in [0.25, 0.3) is 0 Å². The number of hydrogen-bond donors (Lipinski definition) is 3. The molecule has 1 aromatic heterocycles. The molecule has 1 aromatic carbocycles. The Morgan fingerprint density at radius 1 is 1.30 bits per heavy atom. The second-order valence-corrected chi connectivity index (χ2v) is 8.47. The third-order valence-electron chi connectivity index (χ3n) is 5.65. The summed E-state index contributed by atoms with van der Waals surface area (Å²) in [5.74, 6) is 0.299. The Bertz CT molecular complexity index is 776. The van der Waals surface area contributed by atoms with Crippen molar-refractivity contribution in [2.75, 3.05) is 20.6 Å². The van der Waals surface area contributed by atoms with Crippen LogP contribution in [-0.4, -0.2) is 48.3 Å². The lowest BCUT2D eigenvalue weighted by Crippen LogP contribution is -2.55. The first-order chi connectivity index (χ1) is 12.9. The standard InChI is InChI=1S/C21H29N3O2S/c1-4-18(9-15-7-8-27-13-15)23-20(26)22-14-21(24(2)3)11-16-5-6-19(25)10-17(16)12-21/h5-8,10,13,18,25H,4,9,11-12,14H2,1-3H3,(H2,22,23,26)/t18-,21?/m0/s1. The van der Waals surface area contributed by atoms with Crippen molar-refractivity contribution in [3.05, 3.63) is 51.7 Å². The molecule has 0 radical (unpaired) electrons. The summed E-state index contributed by atoms with van der Waals surface area (Å²) in [4.78, 5) is 14.7. The number of fused-ring (bicyclic) bond motifs is 1. The third-order valence-corrected chi connectivity index (χ3v) is 6.38. The second-order valence-electron chi connectivity index (χ2n) is 7.69. The topological polar surface area (TPSA) is 64.6 Å². The molecule has 5 nitrogen and oxygen atoms in total. The Hall–Kier alpha value is -2.05. The number of thiophene rings is 1. The summed E-state index contributed by atoms with van der Waals surface area (Å²) in [7, 11) is 4.10. The predicted molar refractivity (Wildman–Crippen MR) is 111 cm³/mol. The van der Waals surface area contributed by atoms with Gasteiger partial charge in [0, 0.05) is 18.1 Å². The van der Waals surface area contributed by atoms with Gasteiger partial charge in [-0.25, -0.2) is 4.79 Å². The van der Waals surface area contributed by atoms with Crippen LogP contribution >= 0.6 is 11.3 Å². The van der Waals surface area contributed by atoms with Crippen LogP contribution in [0.4, 0.5) is 4.79 Å². The average molecular weight is 388 g/mol. The minimum Gasteiger partial charge on any atom is -0.508 e. The number of benzene rings is 1. The fraction of sp³-hybridized carbons (Fsp3) is 0.476. The van der Waals surface area contributed by atoms with Crippen molar-refractivity contribution in [3.63, 3.8) is 0 Å². The van der Waals surface area contributed by atoms with Crippen molar-refractivity contribution in [2.24, 2.45) is 0 Å². The van der Waals surface area contributed by atoms with E-state index >= 15 is 0 Å². The van der Waals surface area contributed by atoms with E-state index in [4.69, 9.17) is 0 Å². The molecule has 1 aliphatic rings. The molecular weight excluding hydrogens is 358 g/mol. The van der Waals surface area contributed by atoms with E-state index in [1.54, 1.807) is 17.4 Å². The van der Waals surface area contributed by atoms with Crippen LogP contribution in [-0.2, 0) is 19.3 Å². The second kappa shape index (κ2) is 8.31. The van der Waals surface area contributed by atoms with Gasteiger partial charge in [0.25, 0.3) is 0 Å². The van der Waals surface area contributed by atoms with E-state index in [9.17, 15) is 9.90 Å². The summed E-state index contributed by atoms with van der Waals surface area (Å²) in [6, 6.07) is 7.70. The van der Waals surface area contributed by atoms with Crippen molar-refractivity contribution < 1.29 is 9.90 Å². The Morgan fingerprint density at radius 2 is 2.07 bits per heavy atom. The number of rotatable bonds is 7. The number of likely N-dealkylation sites (N-methyl/N-ethyl adjacent to an activating group) is 1. The number of carbonyl (C=O) groups is 1. The van der Waals surface area contributed by atoms with Gasteiger partial charge in [0.05, 0.1) is 0 Å². The lowest BCUT2D eigenvalue weighted by Gasteiger charge is -2.36. The Labute approximate surface area is 165 Å². The molecule has 0 fully saturated rings. The molecule has 6 heteroatoms. The molecule has 27 heavy (non-hydrogen) atoms. The van der Waals surface area contributed by atoms with Crippen LogP contribution in [0.3, 0.4) is 0 Å². The monoisotopic (exact) mass is 387 g/mol. The first-order valence-electron chi connectivity index (χ1n) is 9.45. The number of nitrogens with one attached hydrogen (secondary N) is 2. The number of nitrogens with zero attached hydrogens (tertiary/aromatic N) is 1. The summed E-state index contributed by atoms with van der Waals surface area (Å²) >= 11 is 1.68. The van der Waals surface area contributed by atoms with Gasteiger partial charge in [-0.2, -0.15) is 11.3 Å². The number of phenols is 1. The molecular formula is C21H29N3O2S. The van der Waals surface area contributed by atoms with Crippen molar-refractivity contribution in [1.82, 2.24) is 15.5 Å². The van der Waals surface area contributed by atoms with Gasteiger partial charge in [-0.15, -0.1) is 0 Å². The fourth-order valence-electron chi connectivity index (χ4n) is 3.79. The number of carbonyl (C=O) groups excluding carboxylic acids is 1. The van der Waals surface area contributed by atoms with Crippen molar-refractivity contribution >= 4 is 17.4 Å². The van der Waals surface area contributed by atoms with Gasteiger partial charge in [-0.05, 0) is 85.4 Å². The number of hydrogen-bond acceptors (Lipinski definition) is 4. The van der Waals surface area contributed by atoms with Gasteiger partial charge in [-0.3, -0.25) is 0 Å². The summed E-state index contributed by atoms with van der Waals surface area (Å²) in [5, 5.41) is 20.2. The number of urea groups is 1. The highest BCUT2D eigenvalue weighted by Gasteiger charge is 2.39. The highest BCUT2D eigenvalue weighted by Crippen LogP contribution is 2.34. The summed E-state index contributed by atoms with van der Waals surface area (Å²) < 4.78 is 0. The molecule has 3 rings (SSSR count). The fourth-order valence-corrected chi connectivity index (χ4v) is 4.47. The first kappa shape index (κ1) is 19.7. The molecule has 146 valence electrons. The summed E-state index contributed by atoms with van der Waals surface area (Å²) in [6.07, 6.45) is 3.43. The molecule has 2 aromatic rings. The maximum Gasteiger partial charge on any atom is 0.315 e. The average Bonchev–Trinajstić information content (AvgIpc) is 3.27. The first-order valence-corrected chi connectivity index (χ1v) is 10.4. The molecule has 1 aliphatic carbocycles.